The topological polar surface area (TPSA) is 31.5 Å². The molecule has 0 amide bonds. The minimum Gasteiger partial charge on any atom is -0.412 e. The maximum atomic E-state index is 3.22. The van der Waals surface area contributed by atoms with Crippen LogP contribution in [0.25, 0.3) is 0 Å². The predicted octanol–water partition coefficient (Wildman–Crippen LogP) is -1.25. The molecule has 0 fully saturated rings. The van der Waals surface area contributed by atoms with Gasteiger partial charge in [0.05, 0.1) is 0 Å². The second-order valence-corrected chi connectivity index (χ2v) is 0. The maximum absolute atomic E-state index is 3.22. The zero-order valence-corrected chi connectivity index (χ0v) is 6.52. The third kappa shape index (κ3) is 25.0. The molecule has 0 aliphatic carbocycles. The van der Waals surface area contributed by atoms with Crippen molar-refractivity contribution in [3.63, 3.8) is 0 Å². The molecule has 0 unspecified atom stereocenters. The summed E-state index contributed by atoms with van der Waals surface area (Å²) in [6, 6.07) is 0. The number of hydrogen-bond donors (Lipinski definition) is 2. The van der Waals surface area contributed by atoms with Gasteiger partial charge < -0.3 is 5.48 Å². The third-order valence-electron chi connectivity index (χ3n) is 0. The Hall–Kier alpha value is 1.88. The Morgan fingerprint density at radius 2 is 1.00 bits per heavy atom. The SMILES string of the molecule is O.SS.[AlH3].[W]. The summed E-state index contributed by atoms with van der Waals surface area (Å²) in [5.41, 5.74) is 0. The summed E-state index contributed by atoms with van der Waals surface area (Å²) in [7, 11) is 0. The Bertz CT molecular complexity index is 9.61. The number of hydrogen-bond acceptors (Lipinski definition) is 2. The first-order valence-corrected chi connectivity index (χ1v) is 1.80. The van der Waals surface area contributed by atoms with Crippen LogP contribution < -0.4 is 0 Å². The van der Waals surface area contributed by atoms with Gasteiger partial charge in [0.2, 0.25) is 0 Å². The molecule has 0 heterocycles. The van der Waals surface area contributed by atoms with E-state index in [1.54, 1.807) is 0 Å². The first-order chi connectivity index (χ1) is 1.00. The molecule has 0 saturated carbocycles. The van der Waals surface area contributed by atoms with E-state index in [-0.39, 0.29) is 43.9 Å². The first kappa shape index (κ1) is 28.7. The summed E-state index contributed by atoms with van der Waals surface area (Å²) < 4.78 is 0. The van der Waals surface area contributed by atoms with Gasteiger partial charge in [0.15, 0.2) is 17.4 Å². The fraction of sp³-hybridized carbons (Fsp3) is 0. The molecule has 0 aliphatic rings. The molecule has 5 heteroatoms. The van der Waals surface area contributed by atoms with Gasteiger partial charge in [-0.05, 0) is 0 Å². The molecule has 0 atom stereocenters. The minimum atomic E-state index is 0. The minimum absolute atomic E-state index is 0. The molecule has 0 radical (unpaired) electrons. The van der Waals surface area contributed by atoms with E-state index in [2.05, 4.69) is 23.3 Å². The van der Waals surface area contributed by atoms with Crippen molar-refractivity contribution in [3.05, 3.63) is 0 Å². The summed E-state index contributed by atoms with van der Waals surface area (Å²) in [5.74, 6) is 0. The average Bonchev–Trinajstić information content (AvgIpc) is 1.00. The molecule has 0 spiro atoms. The molecule has 0 aromatic carbocycles. The molecule has 0 rings (SSSR count). The van der Waals surface area contributed by atoms with Gasteiger partial charge in [-0.2, -0.15) is 0 Å². The van der Waals surface area contributed by atoms with Crippen LogP contribution in [0.4, 0.5) is 0 Å². The summed E-state index contributed by atoms with van der Waals surface area (Å²) in [5, 5.41) is 0. The molecule has 0 aromatic heterocycles. The van der Waals surface area contributed by atoms with Gasteiger partial charge in [-0.15, -0.1) is 23.3 Å². The number of rotatable bonds is 0. The van der Waals surface area contributed by atoms with Gasteiger partial charge in [-0.25, -0.2) is 0 Å². The van der Waals surface area contributed by atoms with Gasteiger partial charge in [0, 0.05) is 21.1 Å². The van der Waals surface area contributed by atoms with Crippen LogP contribution in [0.15, 0.2) is 0 Å². The normalized spacial score (nSPS) is 1.20. The van der Waals surface area contributed by atoms with Crippen molar-refractivity contribution < 1.29 is 26.5 Å². The first-order valence-electron chi connectivity index (χ1n) is 0.200. The van der Waals surface area contributed by atoms with Crippen molar-refractivity contribution in [2.45, 2.75) is 0 Å². The second-order valence-electron chi connectivity index (χ2n) is 0. The smallest absolute Gasteiger partial charge is 0.187 e. The standard InChI is InChI=1S/Al.H2O.H2S2.W.3H/c;;1-2;;;;/h;1H2;1-2H;;;;. The molecule has 34 valence electrons. The molecule has 2 N–H and O–H groups in total. The van der Waals surface area contributed by atoms with Crippen LogP contribution in [0.2, 0.25) is 0 Å². The Morgan fingerprint density at radius 1 is 1.00 bits per heavy atom. The zero-order chi connectivity index (χ0) is 2.00. The van der Waals surface area contributed by atoms with Gasteiger partial charge in [-0.1, -0.05) is 0 Å². The molecule has 0 saturated heterocycles. The van der Waals surface area contributed by atoms with Crippen molar-refractivity contribution in [1.82, 2.24) is 0 Å². The van der Waals surface area contributed by atoms with Crippen LogP contribution in [0.3, 0.4) is 0 Å². The second kappa shape index (κ2) is 39.6. The molecule has 0 bridgehead atoms. The molecule has 5 heavy (non-hydrogen) atoms. The predicted molar refractivity (Wildman–Crippen MR) is 31.5 cm³/mol. The van der Waals surface area contributed by atoms with Gasteiger partial charge in [-0.3, -0.25) is 0 Å². The molecule has 1 nitrogen and oxygen atoms in total. The van der Waals surface area contributed by atoms with Crippen LogP contribution in [0.5, 0.6) is 0 Å². The Morgan fingerprint density at radius 3 is 1.00 bits per heavy atom. The summed E-state index contributed by atoms with van der Waals surface area (Å²) >= 11 is 6.44. The van der Waals surface area contributed by atoms with Crippen molar-refractivity contribution in [1.29, 1.82) is 0 Å². The average molecular weight is 298 g/mol. The Kier molecular flexibility index (Phi) is 227. The van der Waals surface area contributed by atoms with E-state index in [1.165, 1.54) is 0 Å². The zero-order valence-electron chi connectivity index (χ0n) is 1.80. The fourth-order valence-electron chi connectivity index (χ4n) is 0. The van der Waals surface area contributed by atoms with Crippen LogP contribution in [-0.4, -0.2) is 22.8 Å². The van der Waals surface area contributed by atoms with E-state index in [1.807, 2.05) is 0 Å². The fourth-order valence-corrected chi connectivity index (χ4v) is 0. The molecule has 0 aromatic rings. The van der Waals surface area contributed by atoms with E-state index in [0.717, 1.165) is 0 Å². The van der Waals surface area contributed by atoms with Gasteiger partial charge >= 0.3 is 0 Å². The van der Waals surface area contributed by atoms with Crippen LogP contribution in [-0.2, 0) is 21.1 Å². The van der Waals surface area contributed by atoms with Crippen LogP contribution in [0.1, 0.15) is 0 Å². The monoisotopic (exact) mass is 298 g/mol. The van der Waals surface area contributed by atoms with Crippen molar-refractivity contribution in [3.8, 4) is 0 Å². The quantitative estimate of drug-likeness (QED) is 0.318. The Labute approximate surface area is 66.8 Å². The third-order valence-corrected chi connectivity index (χ3v) is 0. The van der Waals surface area contributed by atoms with Crippen LogP contribution >= 0.6 is 23.3 Å². The largest absolute Gasteiger partial charge is 0.412 e. The van der Waals surface area contributed by atoms with E-state index >= 15 is 0 Å². The van der Waals surface area contributed by atoms with E-state index in [9.17, 15) is 0 Å². The summed E-state index contributed by atoms with van der Waals surface area (Å²) in [6.07, 6.45) is 0. The maximum Gasteiger partial charge on any atom is 0.187 e. The molecule has 0 aliphatic heterocycles. The van der Waals surface area contributed by atoms with Crippen LogP contribution in [0, 0.1) is 0 Å². The summed E-state index contributed by atoms with van der Waals surface area (Å²) in [4.78, 5) is 0. The number of thiol groups is 2. The molecular formula is H7AlOS2W. The van der Waals surface area contributed by atoms with Gasteiger partial charge in [0.25, 0.3) is 0 Å². The van der Waals surface area contributed by atoms with E-state index < -0.39 is 0 Å². The van der Waals surface area contributed by atoms with E-state index in [0.29, 0.717) is 0 Å². The van der Waals surface area contributed by atoms with Gasteiger partial charge in [0.1, 0.15) is 0 Å². The van der Waals surface area contributed by atoms with Crippen molar-refractivity contribution in [2.75, 3.05) is 0 Å². The van der Waals surface area contributed by atoms with Crippen molar-refractivity contribution >= 4 is 40.7 Å². The summed E-state index contributed by atoms with van der Waals surface area (Å²) in [6.45, 7) is 0. The molecular weight excluding hydrogens is 291 g/mol. The van der Waals surface area contributed by atoms with E-state index in [4.69, 9.17) is 0 Å². The van der Waals surface area contributed by atoms with Crippen molar-refractivity contribution in [2.24, 2.45) is 0 Å². The Balaban J connectivity index is -0.00000000167.